The molecule has 1 aromatic carbocycles. The van der Waals surface area contributed by atoms with Gasteiger partial charge in [0.2, 0.25) is 5.88 Å². The van der Waals surface area contributed by atoms with Crippen LogP contribution < -0.4 is 15.4 Å². The van der Waals surface area contributed by atoms with Crippen LogP contribution in [0, 0.1) is 0 Å². The van der Waals surface area contributed by atoms with Gasteiger partial charge in [-0.05, 0) is 24.7 Å². The second-order valence-corrected chi connectivity index (χ2v) is 6.21. The van der Waals surface area contributed by atoms with Crippen molar-refractivity contribution < 1.29 is 14.3 Å². The van der Waals surface area contributed by atoms with E-state index in [9.17, 15) is 4.79 Å². The van der Waals surface area contributed by atoms with Gasteiger partial charge in [-0.2, -0.15) is 0 Å². The molecular weight excluding hydrogens is 356 g/mol. The third-order valence-corrected chi connectivity index (χ3v) is 4.43. The molecule has 0 aliphatic rings. The van der Waals surface area contributed by atoms with Crippen LogP contribution in [0.3, 0.4) is 0 Å². The molecule has 0 saturated heterocycles. The Kier molecular flexibility index (Phi) is 9.24. The molecule has 0 spiro atoms. The number of benzene rings is 1. The molecule has 0 fully saturated rings. The molecular formula is C21H30N4O3. The van der Waals surface area contributed by atoms with E-state index in [1.165, 1.54) is 5.56 Å². The van der Waals surface area contributed by atoms with E-state index >= 15 is 0 Å². The van der Waals surface area contributed by atoms with Gasteiger partial charge in [0.05, 0.1) is 24.5 Å². The minimum atomic E-state index is -0.261. The van der Waals surface area contributed by atoms with E-state index < -0.39 is 0 Å². The third kappa shape index (κ3) is 6.83. The van der Waals surface area contributed by atoms with Crippen molar-refractivity contribution in [2.75, 3.05) is 45.3 Å². The number of pyridine rings is 1. The molecule has 2 amide bonds. The second-order valence-electron chi connectivity index (χ2n) is 6.21. The predicted octanol–water partition coefficient (Wildman–Crippen LogP) is 3.31. The summed E-state index contributed by atoms with van der Waals surface area (Å²) in [6.07, 6.45) is 1.57. The summed E-state index contributed by atoms with van der Waals surface area (Å²) in [5, 5.41) is 5.77. The van der Waals surface area contributed by atoms with Gasteiger partial charge in [-0.3, -0.25) is 4.90 Å². The highest BCUT2D eigenvalue weighted by atomic mass is 16.5. The smallest absolute Gasteiger partial charge is 0.319 e. The molecule has 7 heteroatoms. The SMILES string of the molecule is CCN(CC)C(CNC(=O)Nc1ccc(OCCOC)nc1)c1ccccc1. The maximum Gasteiger partial charge on any atom is 0.319 e. The zero-order chi connectivity index (χ0) is 20.2. The highest BCUT2D eigenvalue weighted by Gasteiger charge is 2.18. The van der Waals surface area contributed by atoms with E-state index in [2.05, 4.69) is 46.5 Å². The molecule has 28 heavy (non-hydrogen) atoms. The van der Waals surface area contributed by atoms with Crippen molar-refractivity contribution in [3.63, 3.8) is 0 Å². The predicted molar refractivity (Wildman–Crippen MR) is 111 cm³/mol. The van der Waals surface area contributed by atoms with Crippen LogP contribution in [0.4, 0.5) is 10.5 Å². The van der Waals surface area contributed by atoms with E-state index in [1.807, 2.05) is 18.2 Å². The number of nitrogens with one attached hydrogen (secondary N) is 2. The first-order valence-electron chi connectivity index (χ1n) is 9.59. The first kappa shape index (κ1) is 21.7. The monoisotopic (exact) mass is 386 g/mol. The summed E-state index contributed by atoms with van der Waals surface area (Å²) < 4.78 is 10.3. The lowest BCUT2D eigenvalue weighted by Gasteiger charge is -2.30. The van der Waals surface area contributed by atoms with Gasteiger partial charge in [0.15, 0.2) is 0 Å². The lowest BCUT2D eigenvalue weighted by molar-refractivity contribution is 0.144. The first-order valence-corrected chi connectivity index (χ1v) is 9.59. The number of hydrogen-bond donors (Lipinski definition) is 2. The van der Waals surface area contributed by atoms with Crippen LogP contribution in [0.25, 0.3) is 0 Å². The molecule has 0 aliphatic heterocycles. The van der Waals surface area contributed by atoms with Crippen molar-refractivity contribution in [3.05, 3.63) is 54.2 Å². The summed E-state index contributed by atoms with van der Waals surface area (Å²) in [4.78, 5) is 18.8. The Bertz CT molecular complexity index is 691. The van der Waals surface area contributed by atoms with Crippen molar-refractivity contribution in [2.24, 2.45) is 0 Å². The van der Waals surface area contributed by atoms with Gasteiger partial charge in [-0.15, -0.1) is 0 Å². The van der Waals surface area contributed by atoms with Gasteiger partial charge in [-0.25, -0.2) is 9.78 Å². The number of likely N-dealkylation sites (N-methyl/N-ethyl adjacent to an activating group) is 1. The van der Waals surface area contributed by atoms with Crippen LogP contribution in [-0.4, -0.2) is 55.9 Å². The number of carbonyl (C=O) groups is 1. The van der Waals surface area contributed by atoms with Crippen LogP contribution in [0.15, 0.2) is 48.7 Å². The number of urea groups is 1. The Hall–Kier alpha value is -2.64. The fourth-order valence-electron chi connectivity index (χ4n) is 2.93. The van der Waals surface area contributed by atoms with Crippen molar-refractivity contribution in [3.8, 4) is 5.88 Å². The van der Waals surface area contributed by atoms with E-state index in [1.54, 1.807) is 25.4 Å². The van der Waals surface area contributed by atoms with Gasteiger partial charge in [-0.1, -0.05) is 44.2 Å². The van der Waals surface area contributed by atoms with Crippen LogP contribution in [0.2, 0.25) is 0 Å². The van der Waals surface area contributed by atoms with Crippen LogP contribution in [0.1, 0.15) is 25.5 Å². The lowest BCUT2D eigenvalue weighted by Crippen LogP contribution is -2.39. The summed E-state index contributed by atoms with van der Waals surface area (Å²) in [6.45, 7) is 7.52. The van der Waals surface area contributed by atoms with Crippen LogP contribution >= 0.6 is 0 Å². The molecule has 2 aromatic rings. The van der Waals surface area contributed by atoms with Gasteiger partial charge in [0.25, 0.3) is 0 Å². The fraction of sp³-hybridized carbons (Fsp3) is 0.429. The molecule has 2 N–H and O–H groups in total. The summed E-state index contributed by atoms with van der Waals surface area (Å²) in [6, 6.07) is 13.6. The quantitative estimate of drug-likeness (QED) is 0.580. The lowest BCUT2D eigenvalue weighted by atomic mass is 10.1. The number of amides is 2. The maximum absolute atomic E-state index is 12.3. The van der Waals surface area contributed by atoms with Crippen LogP contribution in [-0.2, 0) is 4.74 Å². The Balaban J connectivity index is 1.90. The number of carbonyl (C=O) groups excluding carboxylic acids is 1. The number of aromatic nitrogens is 1. The molecule has 152 valence electrons. The highest BCUT2D eigenvalue weighted by Crippen LogP contribution is 2.19. The largest absolute Gasteiger partial charge is 0.475 e. The number of ether oxygens (including phenoxy) is 2. The summed E-state index contributed by atoms with van der Waals surface area (Å²) in [5.74, 6) is 0.494. The molecule has 0 radical (unpaired) electrons. The molecule has 0 saturated carbocycles. The van der Waals surface area contributed by atoms with Gasteiger partial charge in [0, 0.05) is 19.7 Å². The Morgan fingerprint density at radius 2 is 1.86 bits per heavy atom. The van der Waals surface area contributed by atoms with E-state index in [0.717, 1.165) is 13.1 Å². The second kappa shape index (κ2) is 11.9. The van der Waals surface area contributed by atoms with E-state index in [-0.39, 0.29) is 12.1 Å². The summed E-state index contributed by atoms with van der Waals surface area (Å²) in [7, 11) is 1.62. The minimum absolute atomic E-state index is 0.122. The highest BCUT2D eigenvalue weighted by molar-refractivity contribution is 5.89. The number of hydrogen-bond acceptors (Lipinski definition) is 5. The van der Waals surface area contributed by atoms with Crippen molar-refractivity contribution in [2.45, 2.75) is 19.9 Å². The summed E-state index contributed by atoms with van der Waals surface area (Å²) >= 11 is 0. The van der Waals surface area contributed by atoms with Crippen molar-refractivity contribution in [1.29, 1.82) is 0 Å². The van der Waals surface area contributed by atoms with E-state index in [0.29, 0.717) is 31.3 Å². The van der Waals surface area contributed by atoms with Gasteiger partial charge >= 0.3 is 6.03 Å². The Labute approximate surface area is 167 Å². The zero-order valence-electron chi connectivity index (χ0n) is 16.9. The third-order valence-electron chi connectivity index (χ3n) is 4.43. The Morgan fingerprint density at radius 1 is 1.11 bits per heavy atom. The summed E-state index contributed by atoms with van der Waals surface area (Å²) in [5.41, 5.74) is 1.79. The van der Waals surface area contributed by atoms with Gasteiger partial charge in [0.1, 0.15) is 6.61 Å². The zero-order valence-corrected chi connectivity index (χ0v) is 16.9. The average molecular weight is 386 g/mol. The number of methoxy groups -OCH3 is 1. The standard InChI is InChI=1S/C21H30N4O3/c1-4-25(5-2)19(17-9-7-6-8-10-17)16-23-21(26)24-18-11-12-20(22-15-18)28-14-13-27-3/h6-12,15,19H,4-5,13-14,16H2,1-3H3,(H2,23,24,26). The molecule has 1 aromatic heterocycles. The molecule has 0 aliphatic carbocycles. The molecule has 7 nitrogen and oxygen atoms in total. The van der Waals surface area contributed by atoms with Crippen molar-refractivity contribution >= 4 is 11.7 Å². The molecule has 1 unspecified atom stereocenters. The normalized spacial score (nSPS) is 11.9. The Morgan fingerprint density at radius 3 is 2.46 bits per heavy atom. The average Bonchev–Trinajstić information content (AvgIpc) is 2.73. The number of anilines is 1. The first-order chi connectivity index (χ1) is 13.7. The molecule has 1 atom stereocenters. The number of nitrogens with zero attached hydrogens (tertiary/aromatic N) is 2. The molecule has 0 bridgehead atoms. The maximum atomic E-state index is 12.3. The topological polar surface area (TPSA) is 75.7 Å². The van der Waals surface area contributed by atoms with Crippen LogP contribution in [0.5, 0.6) is 5.88 Å². The van der Waals surface area contributed by atoms with Crippen molar-refractivity contribution in [1.82, 2.24) is 15.2 Å². The van der Waals surface area contributed by atoms with Gasteiger partial charge < -0.3 is 20.1 Å². The fourth-order valence-corrected chi connectivity index (χ4v) is 2.93. The molecule has 1 heterocycles. The molecule has 2 rings (SSSR count). The van der Waals surface area contributed by atoms with E-state index in [4.69, 9.17) is 9.47 Å². The minimum Gasteiger partial charge on any atom is -0.475 e. The number of rotatable bonds is 11.